The molecule has 7 nitrogen and oxygen atoms in total. The zero-order valence-corrected chi connectivity index (χ0v) is 20.5. The molecule has 3 rings (SSSR count). The number of nitrogens with one attached hydrogen (secondary N) is 3. The highest BCUT2D eigenvalue weighted by atomic mass is 127. The lowest BCUT2D eigenvalue weighted by Gasteiger charge is -2.14. The highest BCUT2D eigenvalue weighted by Crippen LogP contribution is 2.23. The van der Waals surface area contributed by atoms with Crippen molar-refractivity contribution in [1.82, 2.24) is 20.9 Å². The number of carbonyl (C=O) groups is 1. The van der Waals surface area contributed by atoms with Crippen LogP contribution in [0.4, 0.5) is 0 Å². The largest absolute Gasteiger partial charge is 0.474 e. The van der Waals surface area contributed by atoms with Crippen LogP contribution in [0.2, 0.25) is 0 Å². The van der Waals surface area contributed by atoms with Crippen LogP contribution >= 0.6 is 24.0 Å². The van der Waals surface area contributed by atoms with Crippen LogP contribution in [0.5, 0.6) is 5.88 Å². The van der Waals surface area contributed by atoms with E-state index in [1.165, 1.54) is 12.8 Å². The fourth-order valence-corrected chi connectivity index (χ4v) is 3.55. The van der Waals surface area contributed by atoms with E-state index in [-0.39, 0.29) is 29.9 Å². The number of nitrogens with zero attached hydrogens (tertiary/aromatic N) is 2. The predicted molar refractivity (Wildman–Crippen MR) is 134 cm³/mol. The second-order valence-corrected chi connectivity index (χ2v) is 7.41. The van der Waals surface area contributed by atoms with Crippen LogP contribution < -0.4 is 20.7 Å². The molecule has 8 heteroatoms. The van der Waals surface area contributed by atoms with Crippen molar-refractivity contribution in [1.29, 1.82) is 0 Å². The summed E-state index contributed by atoms with van der Waals surface area (Å²) < 4.78 is 5.98. The van der Waals surface area contributed by atoms with Crippen molar-refractivity contribution < 1.29 is 9.53 Å². The summed E-state index contributed by atoms with van der Waals surface area (Å²) in [6.45, 7) is 1.35. The van der Waals surface area contributed by atoms with Gasteiger partial charge >= 0.3 is 0 Å². The summed E-state index contributed by atoms with van der Waals surface area (Å²) in [6, 6.07) is 11.6. The Bertz CT molecular complexity index is 869. The van der Waals surface area contributed by atoms with Crippen molar-refractivity contribution in [3.05, 3.63) is 59.3 Å². The van der Waals surface area contributed by atoms with Gasteiger partial charge in [0, 0.05) is 45.0 Å². The third-order valence-corrected chi connectivity index (χ3v) is 5.19. The molecule has 1 aromatic carbocycles. The lowest BCUT2D eigenvalue weighted by atomic mass is 10.1. The van der Waals surface area contributed by atoms with Crippen molar-refractivity contribution in [3.63, 3.8) is 0 Å². The summed E-state index contributed by atoms with van der Waals surface area (Å²) in [5, 5.41) is 9.29. The molecule has 1 aliphatic carbocycles. The summed E-state index contributed by atoms with van der Waals surface area (Å²) >= 11 is 0. The molecule has 0 atom stereocenters. The fraction of sp³-hybridized carbons (Fsp3) is 0.435. The molecular weight excluding hydrogens is 505 g/mol. The highest BCUT2D eigenvalue weighted by molar-refractivity contribution is 14.0. The van der Waals surface area contributed by atoms with E-state index < -0.39 is 0 Å². The molecule has 1 saturated carbocycles. The van der Waals surface area contributed by atoms with Gasteiger partial charge in [-0.3, -0.25) is 9.79 Å². The van der Waals surface area contributed by atoms with Gasteiger partial charge in [-0.15, -0.1) is 24.0 Å². The first-order valence-corrected chi connectivity index (χ1v) is 10.5. The van der Waals surface area contributed by atoms with E-state index in [9.17, 15) is 4.79 Å². The first kappa shape index (κ1) is 24.9. The van der Waals surface area contributed by atoms with Gasteiger partial charge in [0.05, 0.1) is 0 Å². The lowest BCUT2D eigenvalue weighted by Crippen LogP contribution is -2.37. The van der Waals surface area contributed by atoms with E-state index in [4.69, 9.17) is 4.74 Å². The molecule has 1 aromatic heterocycles. The smallest absolute Gasteiger partial charge is 0.251 e. The number of halogens is 1. The standard InChI is InChI=1S/C23H31N5O2.HI/c1-24-22(29)19-7-5-6-17(14-19)10-13-27-23(25-2)28-16-18-11-12-26-21(15-18)30-20-8-3-4-9-20;/h5-7,11-12,14-15,20H,3-4,8-10,13,16H2,1-2H3,(H,24,29)(H2,25,27,28);1H. The van der Waals surface area contributed by atoms with E-state index in [1.54, 1.807) is 20.3 Å². The molecule has 1 fully saturated rings. The summed E-state index contributed by atoms with van der Waals surface area (Å²) in [5.74, 6) is 1.35. The van der Waals surface area contributed by atoms with Gasteiger partial charge in [0.25, 0.3) is 5.91 Å². The normalized spacial score (nSPS) is 13.9. The van der Waals surface area contributed by atoms with E-state index in [1.807, 2.05) is 36.4 Å². The van der Waals surface area contributed by atoms with Crippen LogP contribution in [0.25, 0.3) is 0 Å². The number of aromatic nitrogens is 1. The molecule has 1 amide bonds. The molecule has 0 unspecified atom stereocenters. The Morgan fingerprint density at radius 3 is 2.71 bits per heavy atom. The molecule has 31 heavy (non-hydrogen) atoms. The van der Waals surface area contributed by atoms with Crippen molar-refractivity contribution in [2.45, 2.75) is 44.8 Å². The molecular formula is C23H32IN5O2. The number of carbonyl (C=O) groups excluding carboxylic acids is 1. The number of pyridine rings is 1. The summed E-state index contributed by atoms with van der Waals surface area (Å²) in [4.78, 5) is 20.4. The minimum Gasteiger partial charge on any atom is -0.474 e. The molecule has 1 heterocycles. The van der Waals surface area contributed by atoms with Gasteiger partial charge in [-0.1, -0.05) is 12.1 Å². The van der Waals surface area contributed by atoms with E-state index in [0.29, 0.717) is 30.6 Å². The SMILES string of the molecule is CN=C(NCCc1cccc(C(=O)NC)c1)NCc1ccnc(OC2CCCC2)c1.I. The predicted octanol–water partition coefficient (Wildman–Crippen LogP) is 3.29. The number of aliphatic imine (C=N–C) groups is 1. The molecule has 0 aliphatic heterocycles. The van der Waals surface area contributed by atoms with Gasteiger partial charge in [0.2, 0.25) is 5.88 Å². The Morgan fingerprint density at radius 2 is 1.97 bits per heavy atom. The third-order valence-electron chi connectivity index (χ3n) is 5.19. The van der Waals surface area contributed by atoms with E-state index in [0.717, 1.165) is 36.3 Å². The maximum absolute atomic E-state index is 11.8. The monoisotopic (exact) mass is 537 g/mol. The van der Waals surface area contributed by atoms with Crippen LogP contribution in [0.15, 0.2) is 47.6 Å². The molecule has 0 bridgehead atoms. The van der Waals surface area contributed by atoms with Crippen LogP contribution in [0.1, 0.15) is 47.2 Å². The van der Waals surface area contributed by atoms with Crippen molar-refractivity contribution >= 4 is 35.8 Å². The zero-order valence-electron chi connectivity index (χ0n) is 18.2. The van der Waals surface area contributed by atoms with Gasteiger partial charge in [-0.25, -0.2) is 4.98 Å². The highest BCUT2D eigenvalue weighted by Gasteiger charge is 2.17. The van der Waals surface area contributed by atoms with Crippen molar-refractivity contribution in [3.8, 4) is 5.88 Å². The second kappa shape index (κ2) is 13.1. The van der Waals surface area contributed by atoms with Crippen LogP contribution in [0.3, 0.4) is 0 Å². The fourth-order valence-electron chi connectivity index (χ4n) is 3.55. The van der Waals surface area contributed by atoms with Crippen LogP contribution in [-0.4, -0.2) is 43.6 Å². The van der Waals surface area contributed by atoms with Crippen molar-refractivity contribution in [2.75, 3.05) is 20.6 Å². The lowest BCUT2D eigenvalue weighted by molar-refractivity contribution is 0.0963. The summed E-state index contributed by atoms with van der Waals surface area (Å²) in [6.07, 6.45) is 7.60. The maximum atomic E-state index is 11.8. The summed E-state index contributed by atoms with van der Waals surface area (Å²) in [7, 11) is 3.39. The topological polar surface area (TPSA) is 87.6 Å². The van der Waals surface area contributed by atoms with Crippen LogP contribution in [-0.2, 0) is 13.0 Å². The molecule has 1 aliphatic rings. The number of guanidine groups is 1. The first-order valence-electron chi connectivity index (χ1n) is 10.5. The average Bonchev–Trinajstić information content (AvgIpc) is 3.29. The van der Waals surface area contributed by atoms with Gasteiger partial charge in [0.15, 0.2) is 5.96 Å². The number of benzene rings is 1. The number of rotatable bonds is 8. The van der Waals surface area contributed by atoms with Crippen molar-refractivity contribution in [2.24, 2.45) is 4.99 Å². The Hall–Kier alpha value is -2.36. The Kier molecular flexibility index (Phi) is 10.6. The first-order chi connectivity index (χ1) is 14.7. The van der Waals surface area contributed by atoms with E-state index >= 15 is 0 Å². The van der Waals surface area contributed by atoms with Crippen LogP contribution in [0, 0.1) is 0 Å². The third kappa shape index (κ3) is 8.01. The Balaban J connectivity index is 0.00000341. The molecule has 3 N–H and O–H groups in total. The molecule has 0 radical (unpaired) electrons. The second-order valence-electron chi connectivity index (χ2n) is 7.41. The number of ether oxygens (including phenoxy) is 1. The molecule has 0 saturated heterocycles. The molecule has 168 valence electrons. The van der Waals surface area contributed by atoms with Gasteiger partial charge in [-0.2, -0.15) is 0 Å². The minimum absolute atomic E-state index is 0. The summed E-state index contributed by atoms with van der Waals surface area (Å²) in [5.41, 5.74) is 2.87. The number of hydrogen-bond donors (Lipinski definition) is 3. The van der Waals surface area contributed by atoms with Gasteiger partial charge in [-0.05, 0) is 61.4 Å². The Morgan fingerprint density at radius 1 is 1.16 bits per heavy atom. The maximum Gasteiger partial charge on any atom is 0.251 e. The molecule has 2 aromatic rings. The number of hydrogen-bond acceptors (Lipinski definition) is 4. The average molecular weight is 537 g/mol. The minimum atomic E-state index is -0.0732. The zero-order chi connectivity index (χ0) is 21.2. The van der Waals surface area contributed by atoms with Gasteiger partial charge < -0.3 is 20.7 Å². The Labute approximate surface area is 201 Å². The van der Waals surface area contributed by atoms with Gasteiger partial charge in [0.1, 0.15) is 6.10 Å². The van der Waals surface area contributed by atoms with E-state index in [2.05, 4.69) is 25.9 Å². The quantitative estimate of drug-likeness (QED) is 0.274. The number of amides is 1. The molecule has 0 spiro atoms.